The number of aliphatic hydroxyl groups is 1. The summed E-state index contributed by atoms with van der Waals surface area (Å²) in [6.07, 6.45) is 1.33. The number of hydrogen-bond donors (Lipinski definition) is 2. The average Bonchev–Trinajstić information content (AvgIpc) is 2.12. The molecule has 0 aliphatic rings. The normalized spacial score (nSPS) is 17.8. The van der Waals surface area contributed by atoms with Crippen molar-refractivity contribution in [3.8, 4) is 0 Å². The van der Waals surface area contributed by atoms with Crippen molar-refractivity contribution in [2.75, 3.05) is 0 Å². The van der Waals surface area contributed by atoms with Crippen LogP contribution in [0.3, 0.4) is 0 Å². The first-order valence-electron chi connectivity index (χ1n) is 4.69. The van der Waals surface area contributed by atoms with E-state index < -0.39 is 17.4 Å². The number of carbonyl (C=O) groups is 1. The summed E-state index contributed by atoms with van der Waals surface area (Å²) in [6.45, 7) is 3.68. The van der Waals surface area contributed by atoms with Gasteiger partial charge in [0.15, 0.2) is 0 Å². The molecule has 0 saturated heterocycles. The van der Waals surface area contributed by atoms with Gasteiger partial charge in [-0.3, -0.25) is 4.79 Å². The first-order chi connectivity index (χ1) is 5.99. The maximum absolute atomic E-state index is 10.8. The van der Waals surface area contributed by atoms with Crippen LogP contribution in [-0.4, -0.2) is 30.1 Å². The fraction of sp³-hybridized carbons (Fsp3) is 0.889. The highest BCUT2D eigenvalue weighted by atomic mass is 16.4. The largest absolute Gasteiger partial charge is 0.481 e. The third-order valence-corrected chi connectivity index (χ3v) is 2.32. The summed E-state index contributed by atoms with van der Waals surface area (Å²) >= 11 is 0. The second-order valence-electron chi connectivity index (χ2n) is 3.37. The Balaban J connectivity index is 4.42. The van der Waals surface area contributed by atoms with Crippen LogP contribution in [0.4, 0.5) is 0 Å². The van der Waals surface area contributed by atoms with Gasteiger partial charge >= 0.3 is 5.97 Å². The molecule has 0 rings (SSSR count). The van der Waals surface area contributed by atoms with Crippen LogP contribution in [0.2, 0.25) is 5.31 Å². The van der Waals surface area contributed by atoms with E-state index in [-0.39, 0.29) is 0 Å². The van der Waals surface area contributed by atoms with Crippen molar-refractivity contribution in [3.05, 3.63) is 0 Å². The smallest absolute Gasteiger partial charge is 0.303 e. The number of rotatable bonds is 6. The van der Waals surface area contributed by atoms with Gasteiger partial charge in [0.1, 0.15) is 0 Å². The van der Waals surface area contributed by atoms with E-state index in [2.05, 4.69) is 0 Å². The summed E-state index contributed by atoms with van der Waals surface area (Å²) in [6, 6.07) is 0. The second kappa shape index (κ2) is 5.27. The quantitative estimate of drug-likeness (QED) is 0.612. The highest BCUT2D eigenvalue weighted by molar-refractivity contribution is 6.27. The number of carboxylic acid groups (broad SMARTS) is 1. The third kappa shape index (κ3) is 3.03. The number of unbranched alkanes of at least 4 members (excludes halogenated alkanes) is 1. The number of aliphatic carboxylic acids is 1. The summed E-state index contributed by atoms with van der Waals surface area (Å²) in [4.78, 5) is 10.8. The van der Waals surface area contributed by atoms with Crippen molar-refractivity contribution < 1.29 is 15.0 Å². The molecular weight excluding hydrogens is 167 g/mol. The Kier molecular flexibility index (Phi) is 5.07. The molecule has 2 atom stereocenters. The lowest BCUT2D eigenvalue weighted by Gasteiger charge is -2.30. The summed E-state index contributed by atoms with van der Waals surface area (Å²) in [5.74, 6) is -1.12. The Morgan fingerprint density at radius 1 is 1.54 bits per heavy atom. The molecule has 0 heterocycles. The van der Waals surface area contributed by atoms with Crippen LogP contribution in [0.15, 0.2) is 0 Å². The Bertz CT molecular complexity index is 172. The Hall–Kier alpha value is -0.505. The van der Waals surface area contributed by atoms with Gasteiger partial charge in [-0.15, -0.1) is 0 Å². The molecule has 74 valence electrons. The molecule has 2 radical (unpaired) electrons. The predicted molar refractivity (Wildman–Crippen MR) is 51.9 cm³/mol. The van der Waals surface area contributed by atoms with Gasteiger partial charge < -0.3 is 10.2 Å². The van der Waals surface area contributed by atoms with E-state index in [1.807, 2.05) is 6.92 Å². The van der Waals surface area contributed by atoms with Crippen LogP contribution >= 0.6 is 0 Å². The lowest BCUT2D eigenvalue weighted by atomic mass is 9.61. The first-order valence-corrected chi connectivity index (χ1v) is 4.69. The molecule has 2 N–H and O–H groups in total. The molecule has 0 aliphatic carbocycles. The van der Waals surface area contributed by atoms with E-state index in [1.165, 1.54) is 0 Å². The first kappa shape index (κ1) is 12.5. The van der Waals surface area contributed by atoms with Crippen LogP contribution in [-0.2, 0) is 4.79 Å². The van der Waals surface area contributed by atoms with Crippen molar-refractivity contribution in [1.82, 2.24) is 0 Å². The van der Waals surface area contributed by atoms with E-state index in [9.17, 15) is 9.90 Å². The van der Waals surface area contributed by atoms with E-state index in [0.717, 1.165) is 12.8 Å². The highest BCUT2D eigenvalue weighted by Crippen LogP contribution is 2.34. The average molecular weight is 184 g/mol. The standard InChI is InChI=1S/C9H17BO3/c1-3-5-6-9(10,8(12)13)7(11)4-2/h7,11H,3-6H2,1-2H3,(H,12,13). The van der Waals surface area contributed by atoms with Crippen molar-refractivity contribution in [2.24, 2.45) is 0 Å². The SMILES string of the molecule is [B]C(CCCC)(C(=O)O)C(O)CC. The Morgan fingerprint density at radius 3 is 2.38 bits per heavy atom. The van der Waals surface area contributed by atoms with Gasteiger partial charge in [0.05, 0.1) is 19.3 Å². The highest BCUT2D eigenvalue weighted by Gasteiger charge is 2.38. The summed E-state index contributed by atoms with van der Waals surface area (Å²) in [5, 5.41) is 16.9. The third-order valence-electron chi connectivity index (χ3n) is 2.32. The van der Waals surface area contributed by atoms with Gasteiger partial charge in [-0.1, -0.05) is 26.7 Å². The zero-order valence-electron chi connectivity index (χ0n) is 8.29. The van der Waals surface area contributed by atoms with Crippen LogP contribution in [0.25, 0.3) is 0 Å². The fourth-order valence-corrected chi connectivity index (χ4v) is 1.25. The minimum absolute atomic E-state index is 0.327. The van der Waals surface area contributed by atoms with Crippen molar-refractivity contribution in [3.63, 3.8) is 0 Å². The van der Waals surface area contributed by atoms with Gasteiger partial charge in [-0.2, -0.15) is 0 Å². The molecule has 0 aromatic carbocycles. The molecule has 0 aromatic rings. The molecular formula is C9H17BO3. The molecule has 0 aliphatic heterocycles. The summed E-state index contributed by atoms with van der Waals surface area (Å²) < 4.78 is 0. The monoisotopic (exact) mass is 184 g/mol. The van der Waals surface area contributed by atoms with Crippen molar-refractivity contribution >= 4 is 13.8 Å². The molecule has 0 aromatic heterocycles. The van der Waals surface area contributed by atoms with Gasteiger partial charge in [-0.25, -0.2) is 0 Å². The molecule has 13 heavy (non-hydrogen) atoms. The topological polar surface area (TPSA) is 57.5 Å². The minimum Gasteiger partial charge on any atom is -0.481 e. The second-order valence-corrected chi connectivity index (χ2v) is 3.37. The number of hydrogen-bond acceptors (Lipinski definition) is 2. The molecule has 3 nitrogen and oxygen atoms in total. The van der Waals surface area contributed by atoms with Crippen LogP contribution < -0.4 is 0 Å². The van der Waals surface area contributed by atoms with Gasteiger partial charge in [-0.05, 0) is 12.8 Å². The molecule has 0 bridgehead atoms. The molecule has 0 spiro atoms. The Labute approximate surface area is 80.6 Å². The van der Waals surface area contributed by atoms with Crippen LogP contribution in [0.1, 0.15) is 39.5 Å². The lowest BCUT2D eigenvalue weighted by molar-refractivity contribution is -0.144. The van der Waals surface area contributed by atoms with E-state index in [1.54, 1.807) is 6.92 Å². The summed E-state index contributed by atoms with van der Waals surface area (Å²) in [5.41, 5.74) is 0. The number of aliphatic hydroxyl groups excluding tert-OH is 1. The van der Waals surface area contributed by atoms with Crippen molar-refractivity contribution in [1.29, 1.82) is 0 Å². The van der Waals surface area contributed by atoms with E-state index in [4.69, 9.17) is 13.0 Å². The van der Waals surface area contributed by atoms with Crippen LogP contribution in [0.5, 0.6) is 0 Å². The molecule has 0 saturated carbocycles. The Morgan fingerprint density at radius 2 is 2.08 bits per heavy atom. The van der Waals surface area contributed by atoms with Gasteiger partial charge in [0.25, 0.3) is 0 Å². The summed E-state index contributed by atoms with van der Waals surface area (Å²) in [7, 11) is 5.63. The number of carboxylic acids is 1. The molecule has 4 heteroatoms. The van der Waals surface area contributed by atoms with E-state index in [0.29, 0.717) is 12.8 Å². The van der Waals surface area contributed by atoms with Gasteiger partial charge in [0.2, 0.25) is 0 Å². The lowest BCUT2D eigenvalue weighted by Crippen LogP contribution is -2.36. The zero-order valence-corrected chi connectivity index (χ0v) is 8.29. The fourth-order valence-electron chi connectivity index (χ4n) is 1.25. The zero-order chi connectivity index (χ0) is 10.5. The van der Waals surface area contributed by atoms with Gasteiger partial charge in [0, 0.05) is 0 Å². The maximum Gasteiger partial charge on any atom is 0.303 e. The molecule has 2 unspecified atom stereocenters. The van der Waals surface area contributed by atoms with Crippen LogP contribution in [0, 0.1) is 0 Å². The van der Waals surface area contributed by atoms with E-state index >= 15 is 0 Å². The molecule has 0 amide bonds. The molecule has 0 fully saturated rings. The minimum atomic E-state index is -1.47. The van der Waals surface area contributed by atoms with Crippen molar-refractivity contribution in [2.45, 2.75) is 50.9 Å². The maximum atomic E-state index is 10.8. The predicted octanol–water partition coefficient (Wildman–Crippen LogP) is 1.36.